The molecule has 2 N–H and O–H groups in total. The molecule has 10 nitrogen and oxygen atoms in total. The van der Waals surface area contributed by atoms with Crippen LogP contribution in [0.15, 0.2) is 58.8 Å². The molecule has 0 radical (unpaired) electrons. The molecule has 12 heteroatoms. The van der Waals surface area contributed by atoms with Crippen LogP contribution in [0.3, 0.4) is 0 Å². The lowest BCUT2D eigenvalue weighted by atomic mass is 10.0. The summed E-state index contributed by atoms with van der Waals surface area (Å²) in [5.41, 5.74) is 1.66. The number of methoxy groups -OCH3 is 4. The van der Waals surface area contributed by atoms with E-state index in [1.165, 1.54) is 64.8 Å². The van der Waals surface area contributed by atoms with Crippen molar-refractivity contribution in [3.8, 4) is 34.1 Å². The van der Waals surface area contributed by atoms with Crippen molar-refractivity contribution in [3.63, 3.8) is 0 Å². The molecule has 3 aromatic rings. The largest absolute Gasteiger partial charge is 0.496 e. The van der Waals surface area contributed by atoms with Crippen LogP contribution in [-0.4, -0.2) is 49.8 Å². The van der Waals surface area contributed by atoms with Crippen molar-refractivity contribution in [1.82, 2.24) is 0 Å². The van der Waals surface area contributed by atoms with Crippen LogP contribution in [0.4, 0.5) is 5.69 Å². The summed E-state index contributed by atoms with van der Waals surface area (Å²) in [4.78, 5) is -0.338. The Hall–Kier alpha value is -3.74. The van der Waals surface area contributed by atoms with Gasteiger partial charge in [0.05, 0.1) is 39.4 Å². The first-order valence-electron chi connectivity index (χ1n) is 10.7. The van der Waals surface area contributed by atoms with E-state index >= 15 is 0 Å². The lowest BCUT2D eigenvalue weighted by molar-refractivity contribution is 0.374. The molecule has 0 amide bonds. The first-order valence-corrected chi connectivity index (χ1v) is 13.7. The fourth-order valence-electron chi connectivity index (χ4n) is 3.61. The zero-order valence-corrected chi connectivity index (χ0v) is 22.4. The summed E-state index contributed by atoms with van der Waals surface area (Å²) in [6, 6.07) is 11.9. The van der Waals surface area contributed by atoms with E-state index in [-0.39, 0.29) is 27.5 Å². The summed E-state index contributed by atoms with van der Waals surface area (Å²) in [5.74, 6) is 1.43. The maximum absolute atomic E-state index is 12.9. The van der Waals surface area contributed by atoms with Gasteiger partial charge < -0.3 is 18.9 Å². The van der Waals surface area contributed by atoms with Crippen molar-refractivity contribution >= 4 is 31.9 Å². The number of sulfonamides is 1. The van der Waals surface area contributed by atoms with Crippen LogP contribution in [0, 0.1) is 6.92 Å². The minimum atomic E-state index is -4.57. The molecule has 0 aliphatic rings. The Morgan fingerprint density at radius 2 is 1.38 bits per heavy atom. The maximum Gasteiger partial charge on any atom is 0.295 e. The van der Waals surface area contributed by atoms with E-state index in [2.05, 4.69) is 4.72 Å². The van der Waals surface area contributed by atoms with Gasteiger partial charge in [0, 0.05) is 28.9 Å². The molecule has 0 spiro atoms. The molecule has 3 aromatic carbocycles. The van der Waals surface area contributed by atoms with Gasteiger partial charge in [0.1, 0.15) is 27.9 Å². The molecule has 0 aliphatic heterocycles. The third-order valence-electron chi connectivity index (χ3n) is 5.33. The van der Waals surface area contributed by atoms with E-state index in [1.807, 2.05) is 0 Å². The Labute approximate surface area is 216 Å². The van der Waals surface area contributed by atoms with E-state index in [4.69, 9.17) is 18.9 Å². The molecular weight excluding hydrogens is 522 g/mol. The van der Waals surface area contributed by atoms with Gasteiger partial charge in [0.2, 0.25) is 0 Å². The third kappa shape index (κ3) is 6.53. The fourth-order valence-corrected chi connectivity index (χ4v) is 5.14. The van der Waals surface area contributed by atoms with Crippen LogP contribution in [0.2, 0.25) is 0 Å². The van der Waals surface area contributed by atoms with Crippen LogP contribution in [0.5, 0.6) is 23.0 Å². The first-order chi connectivity index (χ1) is 17.4. The zero-order chi connectivity index (χ0) is 27.4. The lowest BCUT2D eigenvalue weighted by Gasteiger charge is -2.15. The monoisotopic (exact) mass is 549 g/mol. The first kappa shape index (κ1) is 27.8. The lowest BCUT2D eigenvalue weighted by Crippen LogP contribution is -2.09. The Morgan fingerprint density at radius 3 is 1.92 bits per heavy atom. The molecule has 0 unspecified atom stereocenters. The fraction of sp³-hybridized carbons (Fsp3) is 0.200. The average molecular weight is 550 g/mol. The quantitative estimate of drug-likeness (QED) is 0.353. The van der Waals surface area contributed by atoms with Crippen molar-refractivity contribution in [2.45, 2.75) is 11.8 Å². The second kappa shape index (κ2) is 11.1. The number of hydrogen-bond acceptors (Lipinski definition) is 8. The Balaban J connectivity index is 2.03. The summed E-state index contributed by atoms with van der Waals surface area (Å²) in [5, 5.41) is 0.944. The number of hydrogen-bond donors (Lipinski definition) is 2. The number of nitrogens with one attached hydrogen (secondary N) is 1. The topological polar surface area (TPSA) is 137 Å². The van der Waals surface area contributed by atoms with Crippen molar-refractivity contribution < 1.29 is 40.3 Å². The van der Waals surface area contributed by atoms with Crippen LogP contribution in [0.1, 0.15) is 11.1 Å². The van der Waals surface area contributed by atoms with Gasteiger partial charge in [-0.1, -0.05) is 11.6 Å². The molecular formula is C25H27NO9S2. The second-order valence-corrected chi connectivity index (χ2v) is 10.7. The van der Waals surface area contributed by atoms with Gasteiger partial charge in [0.25, 0.3) is 20.1 Å². The standard InChI is InChI=1S/C25H27NO9S2/c1-16-6-9-25(37(29,30)31)21(12-16)20-13-17(7-8-22(20)33-3)26-36(27,28)11-10-19-23(34-4)14-18(32-2)15-24(19)35-5/h6-15,26H,1-5H3,(H,29,30,31)/b11-10+. The van der Waals surface area contributed by atoms with E-state index in [0.29, 0.717) is 22.8 Å². The maximum atomic E-state index is 12.9. The predicted molar refractivity (Wildman–Crippen MR) is 141 cm³/mol. The van der Waals surface area contributed by atoms with Crippen LogP contribution in [-0.2, 0) is 20.1 Å². The molecule has 0 bridgehead atoms. The van der Waals surface area contributed by atoms with Gasteiger partial charge in [-0.2, -0.15) is 8.42 Å². The number of benzene rings is 3. The van der Waals surface area contributed by atoms with Crippen molar-refractivity contribution in [1.29, 1.82) is 0 Å². The molecule has 198 valence electrons. The summed E-state index contributed by atoms with van der Waals surface area (Å²) in [6.45, 7) is 1.75. The molecule has 0 aromatic heterocycles. The van der Waals surface area contributed by atoms with E-state index in [1.54, 1.807) is 25.1 Å². The molecule has 0 saturated heterocycles. The van der Waals surface area contributed by atoms with Gasteiger partial charge in [-0.25, -0.2) is 8.42 Å². The molecule has 37 heavy (non-hydrogen) atoms. The Bertz CT molecular complexity index is 1520. The zero-order valence-electron chi connectivity index (χ0n) is 20.8. The molecule has 0 heterocycles. The van der Waals surface area contributed by atoms with Crippen molar-refractivity contribution in [2.75, 3.05) is 33.2 Å². The Kier molecular flexibility index (Phi) is 8.36. The number of rotatable bonds is 10. The summed E-state index contributed by atoms with van der Waals surface area (Å²) >= 11 is 0. The molecule has 0 fully saturated rings. The highest BCUT2D eigenvalue weighted by Crippen LogP contribution is 2.38. The SMILES string of the molecule is COc1cc(OC)c(/C=C/S(=O)(=O)Nc2ccc(OC)c(-c3cc(C)ccc3S(=O)(=O)O)c2)c(OC)c1. The summed E-state index contributed by atoms with van der Waals surface area (Å²) in [6.07, 6.45) is 1.32. The predicted octanol–water partition coefficient (Wildman–Crippen LogP) is 4.36. The summed E-state index contributed by atoms with van der Waals surface area (Å²) in [7, 11) is -2.87. The van der Waals surface area contributed by atoms with Gasteiger partial charge in [-0.15, -0.1) is 0 Å². The number of anilines is 1. The van der Waals surface area contributed by atoms with E-state index in [0.717, 1.165) is 11.0 Å². The minimum absolute atomic E-state index is 0.136. The molecule has 0 aliphatic carbocycles. The van der Waals surface area contributed by atoms with Crippen LogP contribution < -0.4 is 23.7 Å². The molecule has 3 rings (SSSR count). The number of aryl methyl sites for hydroxylation is 1. The highest BCUT2D eigenvalue weighted by atomic mass is 32.2. The second-order valence-electron chi connectivity index (χ2n) is 7.79. The van der Waals surface area contributed by atoms with Gasteiger partial charge >= 0.3 is 0 Å². The molecule has 0 atom stereocenters. The van der Waals surface area contributed by atoms with Gasteiger partial charge in [-0.3, -0.25) is 9.27 Å². The Morgan fingerprint density at radius 1 is 0.757 bits per heavy atom. The van der Waals surface area contributed by atoms with E-state index < -0.39 is 20.1 Å². The highest BCUT2D eigenvalue weighted by Gasteiger charge is 2.20. The van der Waals surface area contributed by atoms with Crippen molar-refractivity contribution in [2.24, 2.45) is 0 Å². The van der Waals surface area contributed by atoms with Gasteiger partial charge in [-0.05, 0) is 43.3 Å². The molecule has 0 saturated carbocycles. The summed E-state index contributed by atoms with van der Waals surface area (Å²) < 4.78 is 83.2. The minimum Gasteiger partial charge on any atom is -0.496 e. The van der Waals surface area contributed by atoms with Gasteiger partial charge in [0.15, 0.2) is 0 Å². The van der Waals surface area contributed by atoms with Crippen LogP contribution >= 0.6 is 0 Å². The van der Waals surface area contributed by atoms with E-state index in [9.17, 15) is 21.4 Å². The third-order valence-corrected chi connectivity index (χ3v) is 7.26. The smallest absolute Gasteiger partial charge is 0.295 e. The number of ether oxygens (including phenoxy) is 4. The highest BCUT2D eigenvalue weighted by molar-refractivity contribution is 7.95. The normalized spacial score (nSPS) is 11.8. The van der Waals surface area contributed by atoms with Crippen molar-refractivity contribution in [3.05, 3.63) is 65.1 Å². The average Bonchev–Trinajstić information content (AvgIpc) is 2.85. The van der Waals surface area contributed by atoms with Crippen LogP contribution in [0.25, 0.3) is 17.2 Å².